The predicted molar refractivity (Wildman–Crippen MR) is 98.8 cm³/mol. The molecule has 2 aromatic rings. The maximum atomic E-state index is 5.49. The van der Waals surface area contributed by atoms with Crippen LogP contribution in [0.25, 0.3) is 0 Å². The topological polar surface area (TPSA) is 12.5 Å². The van der Waals surface area contributed by atoms with E-state index < -0.39 is 0 Å². The van der Waals surface area contributed by atoms with Gasteiger partial charge < -0.3 is 4.74 Å². The van der Waals surface area contributed by atoms with Crippen LogP contribution in [0.2, 0.25) is 0 Å². The van der Waals surface area contributed by atoms with E-state index in [-0.39, 0.29) is 0 Å². The Morgan fingerprint density at radius 3 is 2.75 bits per heavy atom. The summed E-state index contributed by atoms with van der Waals surface area (Å²) in [5, 5.41) is 0. The zero-order valence-corrected chi connectivity index (χ0v) is 14.8. The van der Waals surface area contributed by atoms with Crippen molar-refractivity contribution < 1.29 is 4.74 Å². The summed E-state index contributed by atoms with van der Waals surface area (Å²) in [5.41, 5.74) is 4.85. The molecule has 126 valence electrons. The van der Waals surface area contributed by atoms with Crippen LogP contribution in [0.3, 0.4) is 0 Å². The van der Waals surface area contributed by atoms with Crippen LogP contribution < -0.4 is 4.74 Å². The van der Waals surface area contributed by atoms with Crippen molar-refractivity contribution in [3.63, 3.8) is 0 Å². The molecule has 1 fully saturated rings. The maximum absolute atomic E-state index is 5.49. The van der Waals surface area contributed by atoms with Gasteiger partial charge in [0.05, 0.1) is 7.11 Å². The van der Waals surface area contributed by atoms with E-state index in [0.717, 1.165) is 12.2 Å². The highest BCUT2D eigenvalue weighted by molar-refractivity contribution is 5.45. The second kappa shape index (κ2) is 6.25. The number of hydrogen-bond donors (Lipinski definition) is 0. The predicted octanol–water partition coefficient (Wildman–Crippen LogP) is 4.22. The van der Waals surface area contributed by atoms with Gasteiger partial charge in [-0.3, -0.25) is 4.90 Å². The zero-order valence-electron chi connectivity index (χ0n) is 14.8. The van der Waals surface area contributed by atoms with Crippen LogP contribution in [-0.4, -0.2) is 31.1 Å². The lowest BCUT2D eigenvalue weighted by atomic mass is 9.70. The molecule has 2 heteroatoms. The van der Waals surface area contributed by atoms with E-state index in [1.807, 2.05) is 0 Å². The SMILES string of the molecule is CCC12CC(Cc3ccc(OC)cc31)N(CCc1ccccc1)C2. The van der Waals surface area contributed by atoms with E-state index in [0.29, 0.717) is 11.5 Å². The third-order valence-electron chi connectivity index (χ3n) is 6.20. The minimum absolute atomic E-state index is 0.323. The van der Waals surface area contributed by atoms with Crippen LogP contribution in [0, 0.1) is 0 Å². The van der Waals surface area contributed by atoms with Gasteiger partial charge in [-0.05, 0) is 54.5 Å². The summed E-state index contributed by atoms with van der Waals surface area (Å²) in [7, 11) is 1.77. The largest absolute Gasteiger partial charge is 0.497 e. The Morgan fingerprint density at radius 2 is 2.00 bits per heavy atom. The number of nitrogens with zero attached hydrogens (tertiary/aromatic N) is 1. The van der Waals surface area contributed by atoms with Crippen LogP contribution in [-0.2, 0) is 18.3 Å². The summed E-state index contributed by atoms with van der Waals surface area (Å²) in [6.45, 7) is 4.72. The molecule has 1 heterocycles. The van der Waals surface area contributed by atoms with Crippen molar-refractivity contribution in [2.75, 3.05) is 20.2 Å². The summed E-state index contributed by atoms with van der Waals surface area (Å²) < 4.78 is 5.49. The molecule has 24 heavy (non-hydrogen) atoms. The van der Waals surface area contributed by atoms with Crippen molar-refractivity contribution in [1.29, 1.82) is 0 Å². The summed E-state index contributed by atoms with van der Waals surface area (Å²) in [4.78, 5) is 2.74. The summed E-state index contributed by atoms with van der Waals surface area (Å²) in [6, 6.07) is 18.3. The molecule has 2 atom stereocenters. The van der Waals surface area contributed by atoms with Crippen LogP contribution in [0.1, 0.15) is 36.5 Å². The molecule has 2 aliphatic rings. The Bertz CT molecular complexity index is 711. The Labute approximate surface area is 145 Å². The van der Waals surface area contributed by atoms with Crippen molar-refractivity contribution in [2.24, 2.45) is 0 Å². The van der Waals surface area contributed by atoms with E-state index in [1.165, 1.54) is 43.5 Å². The van der Waals surface area contributed by atoms with Gasteiger partial charge in [-0.1, -0.05) is 43.3 Å². The minimum atomic E-state index is 0.323. The fourth-order valence-corrected chi connectivity index (χ4v) is 4.79. The number of benzene rings is 2. The van der Waals surface area contributed by atoms with Crippen molar-refractivity contribution in [1.82, 2.24) is 4.90 Å². The number of ether oxygens (including phenoxy) is 1. The lowest BCUT2D eigenvalue weighted by molar-refractivity contribution is 0.254. The molecular formula is C22H27NO. The standard InChI is InChI=1S/C22H27NO/c1-3-22-15-19(13-18-9-10-20(24-2)14-21(18)22)23(16-22)12-11-17-7-5-4-6-8-17/h4-10,14,19H,3,11-13,15-16H2,1-2H3. The van der Waals surface area contributed by atoms with Gasteiger partial charge in [0, 0.05) is 24.5 Å². The Hall–Kier alpha value is -1.80. The van der Waals surface area contributed by atoms with E-state index in [9.17, 15) is 0 Å². The summed E-state index contributed by atoms with van der Waals surface area (Å²) in [5.74, 6) is 1.00. The lowest BCUT2D eigenvalue weighted by Gasteiger charge is -2.34. The molecule has 2 bridgehead atoms. The quantitative estimate of drug-likeness (QED) is 0.818. The monoisotopic (exact) mass is 321 g/mol. The van der Waals surface area contributed by atoms with E-state index in [2.05, 4.69) is 60.4 Å². The normalized spacial score (nSPS) is 25.5. The molecule has 0 saturated carbocycles. The third kappa shape index (κ3) is 2.63. The molecule has 0 spiro atoms. The first-order valence-electron chi connectivity index (χ1n) is 9.19. The molecule has 0 amide bonds. The molecule has 4 rings (SSSR count). The van der Waals surface area contributed by atoms with Crippen molar-refractivity contribution >= 4 is 0 Å². The van der Waals surface area contributed by atoms with E-state index in [1.54, 1.807) is 12.7 Å². The van der Waals surface area contributed by atoms with E-state index >= 15 is 0 Å². The summed E-state index contributed by atoms with van der Waals surface area (Å²) in [6.07, 6.45) is 4.86. The van der Waals surface area contributed by atoms with Crippen LogP contribution in [0.4, 0.5) is 0 Å². The maximum Gasteiger partial charge on any atom is 0.119 e. The summed E-state index contributed by atoms with van der Waals surface area (Å²) >= 11 is 0. The highest BCUT2D eigenvalue weighted by Gasteiger charge is 2.48. The van der Waals surface area contributed by atoms with Gasteiger partial charge in [0.25, 0.3) is 0 Å². The molecule has 1 saturated heterocycles. The number of methoxy groups -OCH3 is 1. The Balaban J connectivity index is 1.56. The van der Waals surface area contributed by atoms with Gasteiger partial charge in [-0.2, -0.15) is 0 Å². The van der Waals surface area contributed by atoms with Gasteiger partial charge in [0.1, 0.15) is 5.75 Å². The molecule has 2 nitrogen and oxygen atoms in total. The van der Waals surface area contributed by atoms with Gasteiger partial charge in [0.15, 0.2) is 0 Å². The first kappa shape index (κ1) is 15.7. The average Bonchev–Trinajstić information content (AvgIpc) is 2.94. The number of hydrogen-bond acceptors (Lipinski definition) is 2. The Morgan fingerprint density at radius 1 is 1.17 bits per heavy atom. The molecule has 1 aliphatic carbocycles. The third-order valence-corrected chi connectivity index (χ3v) is 6.20. The highest BCUT2D eigenvalue weighted by Crippen LogP contribution is 2.48. The zero-order chi connectivity index (χ0) is 16.6. The molecule has 0 radical (unpaired) electrons. The smallest absolute Gasteiger partial charge is 0.119 e. The number of likely N-dealkylation sites (tertiary alicyclic amines) is 1. The Kier molecular flexibility index (Phi) is 4.09. The van der Waals surface area contributed by atoms with Crippen molar-refractivity contribution in [3.8, 4) is 5.75 Å². The van der Waals surface area contributed by atoms with Crippen LogP contribution >= 0.6 is 0 Å². The minimum Gasteiger partial charge on any atom is -0.497 e. The number of rotatable bonds is 5. The van der Waals surface area contributed by atoms with Gasteiger partial charge >= 0.3 is 0 Å². The van der Waals surface area contributed by atoms with E-state index in [4.69, 9.17) is 4.74 Å². The van der Waals surface area contributed by atoms with Gasteiger partial charge in [0.2, 0.25) is 0 Å². The first-order valence-corrected chi connectivity index (χ1v) is 9.19. The lowest BCUT2D eigenvalue weighted by Crippen LogP contribution is -2.32. The van der Waals surface area contributed by atoms with Crippen molar-refractivity contribution in [2.45, 2.75) is 44.1 Å². The molecule has 2 aromatic carbocycles. The van der Waals surface area contributed by atoms with Crippen molar-refractivity contribution in [3.05, 3.63) is 65.2 Å². The fraction of sp³-hybridized carbons (Fsp3) is 0.455. The second-order valence-corrected chi connectivity index (χ2v) is 7.43. The molecule has 0 aromatic heterocycles. The first-order chi connectivity index (χ1) is 11.7. The van der Waals surface area contributed by atoms with Gasteiger partial charge in [-0.15, -0.1) is 0 Å². The van der Waals surface area contributed by atoms with Crippen LogP contribution in [0.15, 0.2) is 48.5 Å². The van der Waals surface area contributed by atoms with Gasteiger partial charge in [-0.25, -0.2) is 0 Å². The second-order valence-electron chi connectivity index (χ2n) is 7.43. The molecule has 2 unspecified atom stereocenters. The fourth-order valence-electron chi connectivity index (χ4n) is 4.79. The highest BCUT2D eigenvalue weighted by atomic mass is 16.5. The number of fused-ring (bicyclic) bond motifs is 4. The molecule has 1 aliphatic heterocycles. The molecule has 0 N–H and O–H groups in total. The molecular weight excluding hydrogens is 294 g/mol. The average molecular weight is 321 g/mol. The van der Waals surface area contributed by atoms with Crippen LogP contribution in [0.5, 0.6) is 5.75 Å².